The second-order valence-corrected chi connectivity index (χ2v) is 21.3. The molecule has 4 fully saturated rings. The van der Waals surface area contributed by atoms with E-state index in [4.69, 9.17) is 9.47 Å². The van der Waals surface area contributed by atoms with E-state index < -0.39 is 29.2 Å². The number of nitrogens with zero attached hydrogens (tertiary/aromatic N) is 9. The molecule has 21 heteroatoms. The molecule has 4 aliphatic rings. The Hall–Kier alpha value is -7.32. The maximum atomic E-state index is 15.1. The summed E-state index contributed by atoms with van der Waals surface area (Å²) in [6.07, 6.45) is 6.65. The summed E-state index contributed by atoms with van der Waals surface area (Å²) in [5.74, 6) is -2.39. The summed E-state index contributed by atoms with van der Waals surface area (Å²) in [6.45, 7) is 11.2. The molecule has 0 unspecified atom stereocenters. The predicted octanol–water partition coefficient (Wildman–Crippen LogP) is 8.69. The largest absolute Gasteiger partial charge is 0.465 e. The third-order valence-electron chi connectivity index (χ3n) is 15.0. The van der Waals surface area contributed by atoms with Crippen LogP contribution in [0.15, 0.2) is 85.2 Å². The van der Waals surface area contributed by atoms with Crippen LogP contribution in [0.25, 0.3) is 21.8 Å². The van der Waals surface area contributed by atoms with Gasteiger partial charge in [-0.1, -0.05) is 12.1 Å². The number of aromatic nitrogens is 4. The van der Waals surface area contributed by atoms with Crippen LogP contribution in [0.2, 0.25) is 0 Å². The lowest BCUT2D eigenvalue weighted by Gasteiger charge is -2.53. The van der Waals surface area contributed by atoms with Gasteiger partial charge in [-0.2, -0.15) is 10.2 Å². The smallest absolute Gasteiger partial charge is 0.410 e. The number of methoxy groups -OCH3 is 2. The molecule has 0 radical (unpaired) electrons. The molecular formula is C55H65ClF2N10O8. The summed E-state index contributed by atoms with van der Waals surface area (Å²) in [4.78, 5) is 72.3. The summed E-state index contributed by atoms with van der Waals surface area (Å²) >= 11 is 0. The van der Waals surface area contributed by atoms with Crippen LogP contribution < -0.4 is 15.1 Å². The molecule has 4 aromatic carbocycles. The Morgan fingerprint density at radius 2 is 1.04 bits per heavy atom. The van der Waals surface area contributed by atoms with Gasteiger partial charge in [0.25, 0.3) is 0 Å². The quantitative estimate of drug-likeness (QED) is 0.114. The molecule has 404 valence electrons. The first-order valence-corrected chi connectivity index (χ1v) is 25.2. The zero-order valence-electron chi connectivity index (χ0n) is 43.9. The number of halogens is 3. The highest BCUT2D eigenvalue weighted by Crippen LogP contribution is 2.42. The lowest BCUT2D eigenvalue weighted by Crippen LogP contribution is -2.63. The average Bonchev–Trinajstić information content (AvgIpc) is 3.96. The van der Waals surface area contributed by atoms with Crippen LogP contribution in [-0.4, -0.2) is 137 Å². The number of hydrogen-bond donors (Lipinski definition) is 1. The summed E-state index contributed by atoms with van der Waals surface area (Å²) in [5.41, 5.74) is 3.58. The van der Waals surface area contributed by atoms with E-state index in [-0.39, 0.29) is 65.8 Å². The Kier molecular flexibility index (Phi) is 16.0. The molecule has 6 aromatic rings. The summed E-state index contributed by atoms with van der Waals surface area (Å²) in [7, 11) is 6.17. The van der Waals surface area contributed by atoms with Crippen LogP contribution >= 0.6 is 12.4 Å². The van der Waals surface area contributed by atoms with E-state index in [0.29, 0.717) is 61.6 Å². The summed E-state index contributed by atoms with van der Waals surface area (Å²) < 4.78 is 48.5. The van der Waals surface area contributed by atoms with Crippen molar-refractivity contribution in [2.75, 3.05) is 76.4 Å². The fourth-order valence-electron chi connectivity index (χ4n) is 10.4. The first-order valence-electron chi connectivity index (χ1n) is 25.2. The van der Waals surface area contributed by atoms with Crippen LogP contribution in [0.1, 0.15) is 78.3 Å². The second-order valence-electron chi connectivity index (χ2n) is 21.3. The van der Waals surface area contributed by atoms with Crippen LogP contribution in [0.4, 0.5) is 34.5 Å². The van der Waals surface area contributed by atoms with Gasteiger partial charge in [-0.15, -0.1) is 12.4 Å². The molecule has 10 rings (SSSR count). The van der Waals surface area contributed by atoms with Gasteiger partial charge in [-0.3, -0.25) is 19.2 Å². The molecule has 5 amide bonds. The monoisotopic (exact) mass is 1070 g/mol. The van der Waals surface area contributed by atoms with E-state index >= 15 is 4.39 Å². The first-order chi connectivity index (χ1) is 35.8. The number of esters is 2. The molecule has 0 aliphatic carbocycles. The Morgan fingerprint density at radius 3 is 1.41 bits per heavy atom. The van der Waals surface area contributed by atoms with Gasteiger partial charge in [0.15, 0.2) is 0 Å². The van der Waals surface area contributed by atoms with Crippen LogP contribution in [0.3, 0.4) is 0 Å². The Labute approximate surface area is 446 Å². The second kappa shape index (κ2) is 22.1. The van der Waals surface area contributed by atoms with Crippen LogP contribution in [0.5, 0.6) is 0 Å². The SMILES string of the molecule is COC(=O)c1ccc(CN(C(=O)N2CCC3(CC2)CN(C(=O)OC(C)(C)C)C3)c2ccc3cnn(C)c3c2)c(F)c1.COC(=O)c1ccc(CN(C(=O)N2CCC3(CC2)CNC3)c2ccc3cnn(C)c3c2)c(F)c1.Cl. The fraction of sp³-hybridized carbons (Fsp3) is 0.436. The Morgan fingerprint density at radius 1 is 0.618 bits per heavy atom. The number of anilines is 2. The lowest BCUT2D eigenvalue weighted by atomic mass is 9.72. The van der Waals surface area contributed by atoms with Crippen LogP contribution in [0, 0.1) is 22.5 Å². The number of likely N-dealkylation sites (tertiary alicyclic amines) is 3. The van der Waals surface area contributed by atoms with E-state index in [1.165, 1.54) is 38.5 Å². The minimum atomic E-state index is -0.631. The number of fused-ring (bicyclic) bond motifs is 2. The molecule has 4 saturated heterocycles. The molecule has 1 N–H and O–H groups in total. The van der Waals surface area contributed by atoms with Crippen molar-refractivity contribution in [3.05, 3.63) is 119 Å². The highest BCUT2D eigenvalue weighted by molar-refractivity contribution is 5.96. The first kappa shape index (κ1) is 54.9. The van der Waals surface area contributed by atoms with Crippen molar-refractivity contribution in [2.45, 2.75) is 65.1 Å². The Bertz CT molecular complexity index is 3150. The number of ether oxygens (including phenoxy) is 3. The van der Waals surface area contributed by atoms with Gasteiger partial charge in [0.05, 0.1) is 61.9 Å². The van der Waals surface area contributed by atoms with Crippen molar-refractivity contribution in [3.63, 3.8) is 0 Å². The minimum Gasteiger partial charge on any atom is -0.465 e. The molecule has 4 aliphatic heterocycles. The van der Waals surface area contributed by atoms with E-state index in [1.54, 1.807) is 41.4 Å². The van der Waals surface area contributed by atoms with Crippen molar-refractivity contribution in [2.24, 2.45) is 24.9 Å². The van der Waals surface area contributed by atoms with Gasteiger partial charge in [-0.05, 0) is 113 Å². The Balaban J connectivity index is 0.000000202. The van der Waals surface area contributed by atoms with Crippen molar-refractivity contribution < 1.29 is 47.0 Å². The third-order valence-corrected chi connectivity index (χ3v) is 15.0. The van der Waals surface area contributed by atoms with Gasteiger partial charge >= 0.3 is 30.1 Å². The standard InChI is InChI=1S/C30H36FN5O5.C25H28FN5O3.ClH/c1-29(2,3)41-28(39)35-18-30(19-35)10-12-34(13-11-30)27(38)36(23-9-8-21-16-32-33(4)25(21)15-23)17-22-7-6-20(14-24(22)31)26(37)40-5;1-29-22-12-20(6-5-18(22)13-28-29)31(14-19-4-3-17(11-21(19)26)23(32)34-2)24(33)30-9-7-25(8-10-30)15-27-16-25;/h6-9,14-16H,10-13,17-19H2,1-5H3;3-6,11-13,27H,7-10,14-16H2,1-2H3;1H. The van der Waals surface area contributed by atoms with Crippen molar-refractivity contribution >= 4 is 75.7 Å². The molecule has 18 nitrogen and oxygen atoms in total. The average molecular weight is 1070 g/mol. The van der Waals surface area contributed by atoms with Gasteiger partial charge in [0, 0.05) is 105 Å². The molecule has 0 atom stereocenters. The number of rotatable bonds is 8. The number of carbonyl (C=O) groups is 5. The normalized spacial score (nSPS) is 16.5. The number of aryl methyl sites for hydroxylation is 2. The maximum Gasteiger partial charge on any atom is 0.410 e. The third kappa shape index (κ3) is 11.6. The highest BCUT2D eigenvalue weighted by atomic mass is 35.5. The minimum absolute atomic E-state index is 0. The zero-order chi connectivity index (χ0) is 53.4. The summed E-state index contributed by atoms with van der Waals surface area (Å²) in [5, 5.41) is 13.8. The maximum absolute atomic E-state index is 15.1. The zero-order valence-corrected chi connectivity index (χ0v) is 44.8. The highest BCUT2D eigenvalue weighted by Gasteiger charge is 2.49. The van der Waals surface area contributed by atoms with Crippen LogP contribution in [-0.2, 0) is 41.4 Å². The number of urea groups is 2. The van der Waals surface area contributed by atoms with E-state index in [9.17, 15) is 28.4 Å². The van der Waals surface area contributed by atoms with Gasteiger partial charge in [0.2, 0.25) is 0 Å². The van der Waals surface area contributed by atoms with Crippen molar-refractivity contribution in [1.29, 1.82) is 0 Å². The molecule has 2 aromatic heterocycles. The molecule has 0 bridgehead atoms. The number of carbonyl (C=O) groups excluding carboxylic acids is 5. The molecule has 2 spiro atoms. The molecule has 0 saturated carbocycles. The van der Waals surface area contributed by atoms with E-state index in [0.717, 1.165) is 72.7 Å². The number of nitrogens with one attached hydrogen (secondary N) is 1. The van der Waals surface area contributed by atoms with Gasteiger partial charge in [0.1, 0.15) is 17.2 Å². The van der Waals surface area contributed by atoms with E-state index in [1.807, 2.05) is 76.2 Å². The number of benzene rings is 4. The molecule has 6 heterocycles. The fourth-order valence-corrected chi connectivity index (χ4v) is 10.4. The van der Waals surface area contributed by atoms with Gasteiger partial charge in [-0.25, -0.2) is 32.8 Å². The van der Waals surface area contributed by atoms with E-state index in [2.05, 4.69) is 20.3 Å². The predicted molar refractivity (Wildman–Crippen MR) is 284 cm³/mol. The lowest BCUT2D eigenvalue weighted by molar-refractivity contribution is -0.0548. The molecule has 76 heavy (non-hydrogen) atoms. The van der Waals surface area contributed by atoms with Crippen molar-refractivity contribution in [3.8, 4) is 0 Å². The topological polar surface area (TPSA) is 177 Å². The number of hydrogen-bond acceptors (Lipinski definition) is 11. The number of amides is 5. The summed E-state index contributed by atoms with van der Waals surface area (Å²) in [6, 6.07) is 19.2. The molecular weight excluding hydrogens is 1000 g/mol. The number of piperidine rings is 2. The van der Waals surface area contributed by atoms with Gasteiger partial charge < -0.3 is 34.2 Å². The van der Waals surface area contributed by atoms with Crippen molar-refractivity contribution in [1.82, 2.24) is 39.6 Å².